The smallest absolute Gasteiger partial charge is 0.0635 e. The minimum atomic E-state index is 0.471. The van der Waals surface area contributed by atoms with Gasteiger partial charge in [0.25, 0.3) is 0 Å². The van der Waals surface area contributed by atoms with Crippen LogP contribution in [0, 0.1) is 32.1 Å². The lowest BCUT2D eigenvalue weighted by Crippen LogP contribution is -2.31. The van der Waals surface area contributed by atoms with E-state index in [9.17, 15) is 0 Å². The molecule has 0 atom stereocenters. The third-order valence-corrected chi connectivity index (χ3v) is 3.44. The SMILES string of the molecule is Cc1cc(C)c(CN(CCC#N)C(C)C)c(C)c1. The van der Waals surface area contributed by atoms with Crippen LogP contribution in [0.2, 0.25) is 0 Å². The van der Waals surface area contributed by atoms with Crippen LogP contribution in [0.15, 0.2) is 12.1 Å². The van der Waals surface area contributed by atoms with Gasteiger partial charge in [-0.25, -0.2) is 0 Å². The number of aryl methyl sites for hydroxylation is 3. The van der Waals surface area contributed by atoms with Crippen LogP contribution in [-0.2, 0) is 6.54 Å². The van der Waals surface area contributed by atoms with Gasteiger partial charge in [0.05, 0.1) is 6.07 Å². The Hall–Kier alpha value is -1.33. The average Bonchev–Trinajstić information content (AvgIpc) is 2.26. The van der Waals surface area contributed by atoms with Gasteiger partial charge in [-0.3, -0.25) is 4.90 Å². The van der Waals surface area contributed by atoms with Gasteiger partial charge in [0, 0.05) is 25.6 Å². The van der Waals surface area contributed by atoms with E-state index >= 15 is 0 Å². The molecule has 1 aromatic carbocycles. The Morgan fingerprint density at radius 1 is 1.17 bits per heavy atom. The molecule has 2 nitrogen and oxygen atoms in total. The molecule has 98 valence electrons. The Kier molecular flexibility index (Phi) is 5.37. The van der Waals surface area contributed by atoms with E-state index in [4.69, 9.17) is 5.26 Å². The summed E-state index contributed by atoms with van der Waals surface area (Å²) in [5.74, 6) is 0. The number of hydrogen-bond acceptors (Lipinski definition) is 2. The van der Waals surface area contributed by atoms with Gasteiger partial charge in [0.1, 0.15) is 0 Å². The fourth-order valence-corrected chi connectivity index (χ4v) is 2.38. The molecular formula is C16H24N2. The molecule has 1 rings (SSSR count). The lowest BCUT2D eigenvalue weighted by Gasteiger charge is -2.27. The van der Waals surface area contributed by atoms with Gasteiger partial charge in [-0.2, -0.15) is 5.26 Å². The van der Waals surface area contributed by atoms with Crippen molar-refractivity contribution in [1.29, 1.82) is 5.26 Å². The zero-order chi connectivity index (χ0) is 13.7. The van der Waals surface area contributed by atoms with Crippen LogP contribution in [-0.4, -0.2) is 17.5 Å². The predicted octanol–water partition coefficient (Wildman–Crippen LogP) is 3.74. The zero-order valence-corrected chi connectivity index (χ0v) is 12.2. The van der Waals surface area contributed by atoms with Gasteiger partial charge >= 0.3 is 0 Å². The predicted molar refractivity (Wildman–Crippen MR) is 76.4 cm³/mol. The molecule has 0 spiro atoms. The summed E-state index contributed by atoms with van der Waals surface area (Å²) in [6.45, 7) is 12.7. The third kappa shape index (κ3) is 3.85. The lowest BCUT2D eigenvalue weighted by molar-refractivity contribution is 0.217. The summed E-state index contributed by atoms with van der Waals surface area (Å²) in [5.41, 5.74) is 5.44. The molecule has 0 heterocycles. The van der Waals surface area contributed by atoms with Crippen molar-refractivity contribution in [2.24, 2.45) is 0 Å². The van der Waals surface area contributed by atoms with Crippen LogP contribution in [0.25, 0.3) is 0 Å². The minimum absolute atomic E-state index is 0.471. The number of benzene rings is 1. The van der Waals surface area contributed by atoms with E-state index in [2.05, 4.69) is 57.7 Å². The summed E-state index contributed by atoms with van der Waals surface area (Å²) in [6, 6.07) is 7.19. The first-order chi connectivity index (χ1) is 8.45. The molecule has 18 heavy (non-hydrogen) atoms. The largest absolute Gasteiger partial charge is 0.296 e. The molecule has 2 heteroatoms. The van der Waals surface area contributed by atoms with Crippen molar-refractivity contribution in [2.45, 2.75) is 53.6 Å². The first-order valence-electron chi connectivity index (χ1n) is 6.63. The van der Waals surface area contributed by atoms with Crippen LogP contribution >= 0.6 is 0 Å². The van der Waals surface area contributed by atoms with Gasteiger partial charge in [-0.1, -0.05) is 17.7 Å². The van der Waals surface area contributed by atoms with Crippen molar-refractivity contribution in [3.63, 3.8) is 0 Å². The monoisotopic (exact) mass is 244 g/mol. The first-order valence-corrected chi connectivity index (χ1v) is 6.63. The van der Waals surface area contributed by atoms with Crippen molar-refractivity contribution in [3.05, 3.63) is 34.4 Å². The van der Waals surface area contributed by atoms with E-state index in [0.717, 1.165) is 13.1 Å². The molecule has 0 aliphatic heterocycles. The zero-order valence-electron chi connectivity index (χ0n) is 12.2. The second-order valence-corrected chi connectivity index (χ2v) is 5.35. The Balaban J connectivity index is 2.91. The normalized spacial score (nSPS) is 11.0. The molecule has 0 bridgehead atoms. The Bertz CT molecular complexity index is 418. The quantitative estimate of drug-likeness (QED) is 0.789. The lowest BCUT2D eigenvalue weighted by atomic mass is 9.99. The van der Waals surface area contributed by atoms with Crippen molar-refractivity contribution < 1.29 is 0 Å². The molecule has 0 aliphatic carbocycles. The highest BCUT2D eigenvalue weighted by atomic mass is 15.1. The van der Waals surface area contributed by atoms with Crippen LogP contribution in [0.4, 0.5) is 0 Å². The molecule has 0 amide bonds. The van der Waals surface area contributed by atoms with Gasteiger partial charge in [-0.05, 0) is 51.3 Å². The molecule has 0 unspecified atom stereocenters. The highest BCUT2D eigenvalue weighted by Crippen LogP contribution is 2.19. The summed E-state index contributed by atoms with van der Waals surface area (Å²) in [7, 11) is 0. The van der Waals surface area contributed by atoms with E-state index in [-0.39, 0.29) is 0 Å². The first kappa shape index (κ1) is 14.7. The van der Waals surface area contributed by atoms with Gasteiger partial charge in [0.15, 0.2) is 0 Å². The summed E-state index contributed by atoms with van der Waals surface area (Å²) in [4.78, 5) is 2.37. The summed E-state index contributed by atoms with van der Waals surface area (Å²) < 4.78 is 0. The molecule has 0 aromatic heterocycles. The van der Waals surface area contributed by atoms with Crippen LogP contribution in [0.1, 0.15) is 42.5 Å². The second kappa shape index (κ2) is 6.56. The van der Waals surface area contributed by atoms with E-state index in [0.29, 0.717) is 12.5 Å². The van der Waals surface area contributed by atoms with Crippen LogP contribution in [0.5, 0.6) is 0 Å². The number of hydrogen-bond donors (Lipinski definition) is 0. The molecule has 0 radical (unpaired) electrons. The van der Waals surface area contributed by atoms with Crippen LogP contribution in [0.3, 0.4) is 0 Å². The summed E-state index contributed by atoms with van der Waals surface area (Å²) >= 11 is 0. The molecular weight excluding hydrogens is 220 g/mol. The summed E-state index contributed by atoms with van der Waals surface area (Å²) in [5, 5.41) is 8.73. The molecule has 0 fully saturated rings. The van der Waals surface area contributed by atoms with E-state index < -0.39 is 0 Å². The van der Waals surface area contributed by atoms with E-state index in [1.54, 1.807) is 0 Å². The Morgan fingerprint density at radius 2 is 1.72 bits per heavy atom. The Morgan fingerprint density at radius 3 is 2.17 bits per heavy atom. The van der Waals surface area contributed by atoms with Gasteiger partial charge in [-0.15, -0.1) is 0 Å². The fourth-order valence-electron chi connectivity index (χ4n) is 2.38. The molecule has 0 saturated carbocycles. The Labute approximate surface area is 111 Å². The highest BCUT2D eigenvalue weighted by Gasteiger charge is 2.13. The number of nitrogens with zero attached hydrogens (tertiary/aromatic N) is 2. The highest BCUT2D eigenvalue weighted by molar-refractivity contribution is 5.37. The maximum Gasteiger partial charge on any atom is 0.0635 e. The van der Waals surface area contributed by atoms with E-state index in [1.165, 1.54) is 22.3 Å². The van der Waals surface area contributed by atoms with Crippen LogP contribution < -0.4 is 0 Å². The molecule has 0 N–H and O–H groups in total. The minimum Gasteiger partial charge on any atom is -0.296 e. The van der Waals surface area contributed by atoms with Gasteiger partial charge in [0.2, 0.25) is 0 Å². The third-order valence-electron chi connectivity index (χ3n) is 3.44. The molecule has 0 saturated heterocycles. The molecule has 1 aromatic rings. The summed E-state index contributed by atoms with van der Waals surface area (Å²) in [6.07, 6.45) is 0.599. The topological polar surface area (TPSA) is 27.0 Å². The van der Waals surface area contributed by atoms with Crippen molar-refractivity contribution in [2.75, 3.05) is 6.54 Å². The number of rotatable bonds is 5. The maximum absolute atomic E-state index is 8.73. The van der Waals surface area contributed by atoms with E-state index in [1.807, 2.05) is 0 Å². The molecule has 0 aliphatic rings. The second-order valence-electron chi connectivity index (χ2n) is 5.35. The fraction of sp³-hybridized carbons (Fsp3) is 0.562. The maximum atomic E-state index is 8.73. The number of nitriles is 1. The van der Waals surface area contributed by atoms with Crippen molar-refractivity contribution >= 4 is 0 Å². The average molecular weight is 244 g/mol. The van der Waals surface area contributed by atoms with Gasteiger partial charge < -0.3 is 0 Å². The van der Waals surface area contributed by atoms with Crippen molar-refractivity contribution in [1.82, 2.24) is 4.90 Å². The van der Waals surface area contributed by atoms with Crippen molar-refractivity contribution in [3.8, 4) is 6.07 Å². The standard InChI is InChI=1S/C16H24N2/c1-12(2)18(8-6-7-17)11-16-14(4)9-13(3)10-15(16)5/h9-10,12H,6,8,11H2,1-5H3.